The van der Waals surface area contributed by atoms with Crippen LogP contribution in [0.2, 0.25) is 0 Å². The molecule has 0 saturated heterocycles. The van der Waals surface area contributed by atoms with E-state index >= 15 is 0 Å². The van der Waals surface area contributed by atoms with Gasteiger partial charge in [-0.2, -0.15) is 0 Å². The van der Waals surface area contributed by atoms with Crippen molar-refractivity contribution in [3.8, 4) is 0 Å². The van der Waals surface area contributed by atoms with Crippen LogP contribution in [0.5, 0.6) is 0 Å². The summed E-state index contributed by atoms with van der Waals surface area (Å²) in [5, 5.41) is 45.6. The van der Waals surface area contributed by atoms with Gasteiger partial charge in [0.1, 0.15) is 30.2 Å². The maximum absolute atomic E-state index is 14.6. The van der Waals surface area contributed by atoms with Crippen LogP contribution in [0.4, 0.5) is 5.69 Å². The molecule has 24 nitrogen and oxygen atoms in total. The fourth-order valence-corrected chi connectivity index (χ4v) is 10.7. The molecule has 0 bridgehead atoms. The molecule has 87 heavy (non-hydrogen) atoms. The zero-order chi connectivity index (χ0) is 62.1. The van der Waals surface area contributed by atoms with E-state index in [0.29, 0.717) is 58.7 Å². The van der Waals surface area contributed by atoms with Gasteiger partial charge in [0.2, 0.25) is 47.3 Å². The summed E-state index contributed by atoms with van der Waals surface area (Å²) in [6.07, 6.45) is 1.64. The van der Waals surface area contributed by atoms with Crippen LogP contribution in [0.15, 0.2) is 109 Å². The third-order valence-electron chi connectivity index (χ3n) is 15.4. The average Bonchev–Trinajstić information content (AvgIpc) is 1.65. The smallest absolute Gasteiger partial charge is 0.303 e. The second kappa shape index (κ2) is 29.6. The molecule has 24 heteroatoms. The monoisotopic (exact) mass is 1190 g/mol. The number of rotatable bonds is 32. The largest absolute Gasteiger partial charge is 0.481 e. The van der Waals surface area contributed by atoms with Crippen molar-refractivity contribution in [3.05, 3.63) is 137 Å². The first kappa shape index (κ1) is 62.9. The molecule has 1 aliphatic heterocycles. The van der Waals surface area contributed by atoms with Crippen molar-refractivity contribution in [1.29, 1.82) is 0 Å². The number of nitrogens with two attached hydrogens (primary N) is 1. The van der Waals surface area contributed by atoms with E-state index in [0.717, 1.165) is 28.8 Å². The Morgan fingerprint density at radius 3 is 1.53 bits per heavy atom. The van der Waals surface area contributed by atoms with Crippen LogP contribution >= 0.6 is 0 Å². The minimum Gasteiger partial charge on any atom is -0.481 e. The van der Waals surface area contributed by atoms with E-state index in [1.54, 1.807) is 65.8 Å². The van der Waals surface area contributed by atoms with Crippen LogP contribution < -0.4 is 42.5 Å². The normalized spacial score (nSPS) is 14.0. The molecule has 8 amide bonds. The number of carbonyl (C=O) groups excluding carboxylic acids is 8. The molecule has 0 unspecified atom stereocenters. The SMILES string of the molecule is NC(=O)[C@H](CCC(=O)O)NC(=O)[C@H](Cc1c[nH]c2ccccc12)NC(=O)[C@H](CCC(=O)O)NC(=O)[C@H](Cc1c[nH]c2ccccc12)NC(=O)[C@H](CCC(=O)O)NC(=O)CCCCCNC(=O)CCC(=O)N1Cc2ccccc2C2=C(C2)c2ccccc21. The van der Waals surface area contributed by atoms with Gasteiger partial charge in [0.25, 0.3) is 0 Å². The molecule has 456 valence electrons. The number of aliphatic carboxylic acids is 3. The number of nitrogens with zero attached hydrogens (tertiary/aromatic N) is 1. The molecule has 13 N–H and O–H groups in total. The standard InChI is InChI=1S/C63H70N10O14/c64-59(83)47(21-26-56(77)78)69-62(86)50(30-37-33-66-45-17-8-5-14-40(37)45)72-61(85)49(23-28-58(81)82)70-63(87)51(31-38-34-67-46-18-9-6-15-41(38)46)71-60(84)48(22-27-57(79)80)68-54(75)20-2-1-11-29-65-53(74)24-25-55(76)73-35-36-12-3-4-13-39(36)43-32-44(43)42-16-7-10-19-52(42)73/h3-10,12-19,33-34,47-51,66-67H,1-2,11,20-32,35H2,(H2,64,83)(H,65,74)(H,68,75)(H,69,86)(H,70,87)(H,71,84)(H,72,85)(H,77,78)(H,79,80)(H,81,82)/t47-,48-,49-,50-,51-/m0/s1. The summed E-state index contributed by atoms with van der Waals surface area (Å²) in [6.45, 7) is 0.640. The number of anilines is 1. The first-order valence-corrected chi connectivity index (χ1v) is 28.9. The van der Waals surface area contributed by atoms with E-state index in [2.05, 4.69) is 47.9 Å². The fourth-order valence-electron chi connectivity index (χ4n) is 10.7. The zero-order valence-electron chi connectivity index (χ0n) is 47.7. The maximum atomic E-state index is 14.6. The van der Waals surface area contributed by atoms with Crippen LogP contribution in [-0.2, 0) is 72.1 Å². The predicted molar refractivity (Wildman–Crippen MR) is 320 cm³/mol. The Morgan fingerprint density at radius 1 is 0.483 bits per heavy atom. The number of unbranched alkanes of at least 4 members (excludes halogenated alkanes) is 2. The van der Waals surface area contributed by atoms with Crippen LogP contribution in [0.3, 0.4) is 0 Å². The number of carboxylic acid groups (broad SMARTS) is 3. The van der Waals surface area contributed by atoms with Gasteiger partial charge < -0.3 is 67.8 Å². The Balaban J connectivity index is 0.893. The van der Waals surface area contributed by atoms with Gasteiger partial charge in [-0.1, -0.05) is 85.3 Å². The molecule has 5 atom stereocenters. The summed E-state index contributed by atoms with van der Waals surface area (Å²) < 4.78 is 0. The van der Waals surface area contributed by atoms with Crippen molar-refractivity contribution in [2.75, 3.05) is 11.4 Å². The molecule has 4 aromatic carbocycles. The maximum Gasteiger partial charge on any atom is 0.303 e. The highest BCUT2D eigenvalue weighted by atomic mass is 16.4. The molecule has 2 aromatic heterocycles. The van der Waals surface area contributed by atoms with Gasteiger partial charge >= 0.3 is 17.9 Å². The third-order valence-corrected chi connectivity index (χ3v) is 15.4. The molecule has 2 aliphatic rings. The van der Waals surface area contributed by atoms with E-state index in [-0.39, 0.29) is 56.9 Å². The Kier molecular flexibility index (Phi) is 21.4. The highest BCUT2D eigenvalue weighted by molar-refractivity contribution is 6.13. The lowest BCUT2D eigenvalue weighted by Crippen LogP contribution is -2.59. The second-order valence-electron chi connectivity index (χ2n) is 21.6. The van der Waals surface area contributed by atoms with Crippen LogP contribution in [-0.4, -0.2) is 127 Å². The predicted octanol–water partition coefficient (Wildman–Crippen LogP) is 4.26. The van der Waals surface area contributed by atoms with Crippen LogP contribution in [0.1, 0.15) is 111 Å². The zero-order valence-corrected chi connectivity index (χ0v) is 47.7. The average molecular weight is 1190 g/mol. The summed E-state index contributed by atoms with van der Waals surface area (Å²) >= 11 is 0. The Labute approximate surface area is 499 Å². The molecule has 0 radical (unpaired) electrons. The molecule has 1 aliphatic carbocycles. The van der Waals surface area contributed by atoms with Gasteiger partial charge in [-0.05, 0) is 90.1 Å². The molecule has 3 heterocycles. The summed E-state index contributed by atoms with van der Waals surface area (Å²) in [5.41, 5.74) is 14.4. The number of allylic oxidation sites excluding steroid dienone is 2. The van der Waals surface area contributed by atoms with Crippen molar-refractivity contribution in [1.82, 2.24) is 41.9 Å². The number of aromatic nitrogens is 2. The number of aromatic amines is 2. The second-order valence-corrected chi connectivity index (χ2v) is 21.6. The first-order valence-electron chi connectivity index (χ1n) is 28.9. The van der Waals surface area contributed by atoms with E-state index in [1.165, 1.54) is 11.1 Å². The number of benzene rings is 4. The van der Waals surface area contributed by atoms with Crippen molar-refractivity contribution in [3.63, 3.8) is 0 Å². The Bertz CT molecular complexity index is 3630. The van der Waals surface area contributed by atoms with Gasteiger partial charge in [-0.3, -0.25) is 52.7 Å². The lowest BCUT2D eigenvalue weighted by molar-refractivity contribution is -0.139. The minimum atomic E-state index is -1.69. The van der Waals surface area contributed by atoms with Gasteiger partial charge in [0.15, 0.2) is 0 Å². The van der Waals surface area contributed by atoms with E-state index < -0.39 is 116 Å². The van der Waals surface area contributed by atoms with Crippen LogP contribution in [0, 0.1) is 0 Å². The Hall–Kier alpha value is -10.1. The van der Waals surface area contributed by atoms with E-state index in [4.69, 9.17) is 5.73 Å². The highest BCUT2D eigenvalue weighted by Gasteiger charge is 2.36. The van der Waals surface area contributed by atoms with Gasteiger partial charge in [0.05, 0.1) is 12.2 Å². The molecular formula is C63H70N10O14. The number of primary amides is 1. The van der Waals surface area contributed by atoms with Crippen molar-refractivity contribution in [2.24, 2.45) is 5.73 Å². The molecule has 0 saturated carbocycles. The van der Waals surface area contributed by atoms with Gasteiger partial charge in [-0.25, -0.2) is 0 Å². The summed E-state index contributed by atoms with van der Waals surface area (Å²) in [4.78, 5) is 153. The summed E-state index contributed by atoms with van der Waals surface area (Å²) in [6, 6.07) is 22.2. The minimum absolute atomic E-state index is 0.0117. The lowest BCUT2D eigenvalue weighted by atomic mass is 10.0. The molecular weight excluding hydrogens is 1120 g/mol. The number of carbonyl (C=O) groups is 11. The topological polar surface area (TPSA) is 381 Å². The van der Waals surface area contributed by atoms with E-state index in [1.807, 2.05) is 42.5 Å². The van der Waals surface area contributed by atoms with Crippen LogP contribution in [0.25, 0.3) is 33.0 Å². The third kappa shape index (κ3) is 17.3. The van der Waals surface area contributed by atoms with Gasteiger partial charge in [0, 0.05) is 97.7 Å². The molecule has 0 fully saturated rings. The number of amides is 8. The molecule has 8 rings (SSSR count). The van der Waals surface area contributed by atoms with Gasteiger partial charge in [-0.15, -0.1) is 0 Å². The molecule has 0 spiro atoms. The number of hydrogen-bond acceptors (Lipinski definition) is 11. The highest BCUT2D eigenvalue weighted by Crippen LogP contribution is 2.52. The Morgan fingerprint density at radius 2 is 0.954 bits per heavy atom. The summed E-state index contributed by atoms with van der Waals surface area (Å²) in [5.74, 6) is -9.99. The quantitative estimate of drug-likeness (QED) is 0.0263. The fraction of sp³-hybridized carbons (Fsp3) is 0.349. The van der Waals surface area contributed by atoms with E-state index in [9.17, 15) is 68.1 Å². The first-order chi connectivity index (χ1) is 41.8. The number of hydrogen-bond donors (Lipinski definition) is 12. The molecule has 6 aromatic rings. The number of fused-ring (bicyclic) bond motifs is 6. The lowest BCUT2D eigenvalue weighted by Gasteiger charge is -2.27. The number of carboxylic acids is 3. The number of nitrogens with one attached hydrogen (secondary N) is 8. The number of para-hydroxylation sites is 3. The van der Waals surface area contributed by atoms with Crippen molar-refractivity contribution >= 4 is 104 Å². The number of H-pyrrole nitrogens is 2. The summed E-state index contributed by atoms with van der Waals surface area (Å²) in [7, 11) is 0. The van der Waals surface area contributed by atoms with Crippen molar-refractivity contribution in [2.45, 2.75) is 133 Å². The van der Waals surface area contributed by atoms with Crippen molar-refractivity contribution < 1.29 is 68.1 Å².